The molecule has 1 aliphatic heterocycles. The van der Waals surface area contributed by atoms with Gasteiger partial charge in [-0.2, -0.15) is 0 Å². The SMILES string of the molecule is CN1CCN(C(=O)CBr)CC1.NC(=O)CBr. The molecular weight excluding hydrogens is 342 g/mol. The molecule has 16 heavy (non-hydrogen) atoms. The first kappa shape index (κ1) is 15.9. The topological polar surface area (TPSA) is 66.6 Å². The van der Waals surface area contributed by atoms with Gasteiger partial charge >= 0.3 is 0 Å². The zero-order valence-corrected chi connectivity index (χ0v) is 12.5. The standard InChI is InChI=1S/C7H13BrN2O.C2H4BrNO/c1-9-2-4-10(5-3-9)7(11)6-8;3-1-2(4)5/h2-6H2,1H3;1H2,(H2,4,5). The molecule has 0 saturated carbocycles. The van der Waals surface area contributed by atoms with Crippen molar-refractivity contribution in [1.82, 2.24) is 9.80 Å². The van der Waals surface area contributed by atoms with Gasteiger partial charge in [-0.05, 0) is 7.05 Å². The van der Waals surface area contributed by atoms with Gasteiger partial charge in [-0.1, -0.05) is 31.9 Å². The minimum atomic E-state index is -0.329. The lowest BCUT2D eigenvalue weighted by atomic mass is 10.3. The highest BCUT2D eigenvalue weighted by Crippen LogP contribution is 2.00. The van der Waals surface area contributed by atoms with Crippen molar-refractivity contribution in [3.63, 3.8) is 0 Å². The minimum absolute atomic E-state index is 0.207. The van der Waals surface area contributed by atoms with Gasteiger partial charge in [0.1, 0.15) is 0 Å². The number of rotatable bonds is 2. The third-order valence-corrected chi connectivity index (χ3v) is 3.13. The molecule has 0 bridgehead atoms. The predicted octanol–water partition coefficient (Wildman–Crippen LogP) is 0.0219. The van der Waals surface area contributed by atoms with Gasteiger partial charge in [-0.15, -0.1) is 0 Å². The Balaban J connectivity index is 0.000000385. The maximum absolute atomic E-state index is 11.1. The van der Waals surface area contributed by atoms with Crippen molar-refractivity contribution >= 4 is 43.7 Å². The average Bonchev–Trinajstić information content (AvgIpc) is 2.29. The minimum Gasteiger partial charge on any atom is -0.369 e. The molecule has 0 aliphatic carbocycles. The van der Waals surface area contributed by atoms with E-state index in [0.29, 0.717) is 5.33 Å². The zero-order valence-electron chi connectivity index (χ0n) is 9.29. The zero-order chi connectivity index (χ0) is 12.6. The summed E-state index contributed by atoms with van der Waals surface area (Å²) < 4.78 is 0. The lowest BCUT2D eigenvalue weighted by Gasteiger charge is -2.31. The fourth-order valence-electron chi connectivity index (χ4n) is 1.14. The molecule has 94 valence electrons. The number of hydrogen-bond acceptors (Lipinski definition) is 3. The number of nitrogens with two attached hydrogens (primary N) is 1. The van der Waals surface area contributed by atoms with Crippen LogP contribution in [0.5, 0.6) is 0 Å². The van der Waals surface area contributed by atoms with E-state index in [-0.39, 0.29) is 17.1 Å². The molecule has 0 aromatic carbocycles. The molecule has 0 spiro atoms. The van der Waals surface area contributed by atoms with Gasteiger partial charge in [0.2, 0.25) is 11.8 Å². The first-order valence-corrected chi connectivity index (χ1v) is 7.12. The Morgan fingerprint density at radius 2 is 1.56 bits per heavy atom. The van der Waals surface area contributed by atoms with Gasteiger partial charge in [0.25, 0.3) is 0 Å². The second-order valence-corrected chi connectivity index (χ2v) is 4.54. The van der Waals surface area contributed by atoms with Gasteiger partial charge in [0, 0.05) is 26.2 Å². The number of amides is 2. The number of halogens is 2. The highest BCUT2D eigenvalue weighted by molar-refractivity contribution is 9.09. The van der Waals surface area contributed by atoms with Gasteiger partial charge < -0.3 is 15.5 Å². The van der Waals surface area contributed by atoms with Crippen molar-refractivity contribution in [1.29, 1.82) is 0 Å². The highest BCUT2D eigenvalue weighted by atomic mass is 79.9. The van der Waals surface area contributed by atoms with Crippen LogP contribution >= 0.6 is 31.9 Å². The van der Waals surface area contributed by atoms with E-state index < -0.39 is 0 Å². The maximum Gasteiger partial charge on any atom is 0.233 e. The van der Waals surface area contributed by atoms with E-state index in [1.54, 1.807) is 0 Å². The molecule has 0 atom stereocenters. The second kappa shape index (κ2) is 8.95. The number of primary amides is 1. The number of carbonyl (C=O) groups excluding carboxylic acids is 2. The van der Waals surface area contributed by atoms with Crippen LogP contribution in [-0.2, 0) is 9.59 Å². The molecule has 1 aliphatic rings. The number of alkyl halides is 2. The molecule has 5 nitrogen and oxygen atoms in total. The summed E-state index contributed by atoms with van der Waals surface area (Å²) in [5.74, 6) is -0.122. The summed E-state index contributed by atoms with van der Waals surface area (Å²) in [6, 6.07) is 0. The van der Waals surface area contributed by atoms with Gasteiger partial charge in [0.15, 0.2) is 0 Å². The molecule has 2 amide bonds. The molecule has 7 heteroatoms. The van der Waals surface area contributed by atoms with E-state index >= 15 is 0 Å². The molecule has 1 heterocycles. The van der Waals surface area contributed by atoms with Gasteiger partial charge in [-0.25, -0.2) is 0 Å². The third-order valence-electron chi connectivity index (χ3n) is 2.10. The van der Waals surface area contributed by atoms with E-state index in [9.17, 15) is 9.59 Å². The van der Waals surface area contributed by atoms with E-state index in [2.05, 4.69) is 49.5 Å². The van der Waals surface area contributed by atoms with Crippen LogP contribution in [0, 0.1) is 0 Å². The summed E-state index contributed by atoms with van der Waals surface area (Å²) in [4.78, 5) is 24.8. The Labute approximate surface area is 113 Å². The summed E-state index contributed by atoms with van der Waals surface area (Å²) in [7, 11) is 2.08. The average molecular weight is 359 g/mol. The van der Waals surface area contributed by atoms with Crippen molar-refractivity contribution in [2.75, 3.05) is 43.9 Å². The van der Waals surface area contributed by atoms with Crippen molar-refractivity contribution in [3.05, 3.63) is 0 Å². The Hall–Kier alpha value is -0.140. The van der Waals surface area contributed by atoms with Crippen LogP contribution in [-0.4, -0.2) is 65.5 Å². The summed E-state index contributed by atoms with van der Waals surface area (Å²) in [6.45, 7) is 3.75. The fraction of sp³-hybridized carbons (Fsp3) is 0.778. The van der Waals surface area contributed by atoms with Crippen LogP contribution in [0.15, 0.2) is 0 Å². The van der Waals surface area contributed by atoms with Crippen molar-refractivity contribution in [2.45, 2.75) is 0 Å². The van der Waals surface area contributed by atoms with Crippen LogP contribution in [0.2, 0.25) is 0 Å². The van der Waals surface area contributed by atoms with Crippen LogP contribution in [0.25, 0.3) is 0 Å². The quantitative estimate of drug-likeness (QED) is 0.708. The van der Waals surface area contributed by atoms with E-state index in [1.807, 2.05) is 4.90 Å². The number of nitrogens with zero attached hydrogens (tertiary/aromatic N) is 2. The largest absolute Gasteiger partial charge is 0.369 e. The van der Waals surface area contributed by atoms with E-state index in [4.69, 9.17) is 0 Å². The molecule has 1 fully saturated rings. The Bertz CT molecular complexity index is 231. The third kappa shape index (κ3) is 7.19. The summed E-state index contributed by atoms with van der Waals surface area (Å²) in [5, 5.41) is 0.712. The fourth-order valence-corrected chi connectivity index (χ4v) is 1.50. The molecule has 0 aromatic rings. The Morgan fingerprint density at radius 3 is 1.88 bits per heavy atom. The summed E-state index contributed by atoms with van der Waals surface area (Å²) >= 11 is 6.00. The monoisotopic (exact) mass is 357 g/mol. The Kier molecular flexibility index (Phi) is 8.87. The van der Waals surface area contributed by atoms with Gasteiger partial charge in [-0.3, -0.25) is 9.59 Å². The molecule has 1 rings (SSSR count). The van der Waals surface area contributed by atoms with E-state index in [0.717, 1.165) is 26.2 Å². The summed E-state index contributed by atoms with van der Waals surface area (Å²) in [5.41, 5.74) is 4.61. The molecular formula is C9H17Br2N3O2. The lowest BCUT2D eigenvalue weighted by Crippen LogP contribution is -2.47. The van der Waals surface area contributed by atoms with Gasteiger partial charge in [0.05, 0.1) is 10.7 Å². The first-order valence-electron chi connectivity index (χ1n) is 4.87. The molecule has 2 N–H and O–H groups in total. The maximum atomic E-state index is 11.1. The number of likely N-dealkylation sites (N-methyl/N-ethyl adjacent to an activating group) is 1. The van der Waals surface area contributed by atoms with Crippen molar-refractivity contribution < 1.29 is 9.59 Å². The molecule has 0 radical (unpaired) electrons. The van der Waals surface area contributed by atoms with Crippen LogP contribution < -0.4 is 5.73 Å². The normalized spacial score (nSPS) is 16.3. The lowest BCUT2D eigenvalue weighted by molar-refractivity contribution is -0.129. The van der Waals surface area contributed by atoms with E-state index in [1.165, 1.54) is 0 Å². The molecule has 1 saturated heterocycles. The number of hydrogen-bond donors (Lipinski definition) is 1. The molecule has 0 unspecified atom stereocenters. The summed E-state index contributed by atoms with van der Waals surface area (Å²) in [6.07, 6.45) is 0. The van der Waals surface area contributed by atoms with Crippen molar-refractivity contribution in [2.24, 2.45) is 5.73 Å². The van der Waals surface area contributed by atoms with Crippen LogP contribution in [0.1, 0.15) is 0 Å². The highest BCUT2D eigenvalue weighted by Gasteiger charge is 2.17. The van der Waals surface area contributed by atoms with Crippen LogP contribution in [0.3, 0.4) is 0 Å². The number of piperazine rings is 1. The first-order chi connectivity index (χ1) is 7.51. The number of carbonyl (C=O) groups is 2. The van der Waals surface area contributed by atoms with Crippen molar-refractivity contribution in [3.8, 4) is 0 Å². The second-order valence-electron chi connectivity index (χ2n) is 3.42. The molecule has 0 aromatic heterocycles. The van der Waals surface area contributed by atoms with Crippen LogP contribution in [0.4, 0.5) is 0 Å². The Morgan fingerprint density at radius 1 is 1.12 bits per heavy atom. The smallest absolute Gasteiger partial charge is 0.233 e. The predicted molar refractivity (Wildman–Crippen MR) is 70.9 cm³/mol.